The van der Waals surface area contributed by atoms with E-state index in [0.29, 0.717) is 13.1 Å². The van der Waals surface area contributed by atoms with E-state index in [1.165, 1.54) is 19.2 Å². The SMILES string of the molecule is COC(=O)c1ccc([N+](=O)[O-])c(N(Cc2ccccc2)Cc2ccccc2)n1. The summed E-state index contributed by atoms with van der Waals surface area (Å²) in [5.74, 6) is -0.517. The standard InChI is InChI=1S/C21H19N3O4/c1-28-21(25)18-12-13-19(24(26)27)20(22-18)23(14-16-8-4-2-5-9-16)15-17-10-6-3-7-11-17/h2-13H,14-15H2,1H3. The van der Waals surface area contributed by atoms with Crippen LogP contribution in [0.4, 0.5) is 11.5 Å². The van der Waals surface area contributed by atoms with Crippen molar-refractivity contribution < 1.29 is 14.5 Å². The van der Waals surface area contributed by atoms with Crippen molar-refractivity contribution in [2.24, 2.45) is 0 Å². The molecule has 0 bridgehead atoms. The molecule has 0 fully saturated rings. The lowest BCUT2D eigenvalue weighted by Gasteiger charge is -2.24. The normalized spacial score (nSPS) is 10.3. The van der Waals surface area contributed by atoms with Gasteiger partial charge in [0.1, 0.15) is 0 Å². The molecule has 142 valence electrons. The summed E-state index contributed by atoms with van der Waals surface area (Å²) in [4.78, 5) is 29.1. The van der Waals surface area contributed by atoms with Crippen molar-refractivity contribution in [2.75, 3.05) is 12.0 Å². The molecule has 1 heterocycles. The van der Waals surface area contributed by atoms with Gasteiger partial charge in [0.2, 0.25) is 5.82 Å². The van der Waals surface area contributed by atoms with Crippen molar-refractivity contribution in [1.82, 2.24) is 4.98 Å². The van der Waals surface area contributed by atoms with Crippen LogP contribution in [0.1, 0.15) is 21.6 Å². The van der Waals surface area contributed by atoms with Gasteiger partial charge in [-0.15, -0.1) is 0 Å². The van der Waals surface area contributed by atoms with Gasteiger partial charge < -0.3 is 9.64 Å². The van der Waals surface area contributed by atoms with Crippen LogP contribution in [0.15, 0.2) is 72.8 Å². The summed E-state index contributed by atoms with van der Waals surface area (Å²) in [5, 5.41) is 11.6. The van der Waals surface area contributed by atoms with E-state index < -0.39 is 10.9 Å². The average molecular weight is 377 g/mol. The van der Waals surface area contributed by atoms with E-state index in [2.05, 4.69) is 4.98 Å². The molecule has 7 nitrogen and oxygen atoms in total. The van der Waals surface area contributed by atoms with Gasteiger partial charge in [-0.05, 0) is 17.2 Å². The number of ether oxygens (including phenoxy) is 1. The van der Waals surface area contributed by atoms with Gasteiger partial charge >= 0.3 is 11.7 Å². The highest BCUT2D eigenvalue weighted by Crippen LogP contribution is 2.29. The van der Waals surface area contributed by atoms with E-state index in [1.54, 1.807) is 4.90 Å². The molecule has 0 saturated heterocycles. The number of hydrogen-bond acceptors (Lipinski definition) is 6. The van der Waals surface area contributed by atoms with Gasteiger partial charge in [0.25, 0.3) is 0 Å². The molecule has 0 aliphatic rings. The lowest BCUT2D eigenvalue weighted by atomic mass is 10.1. The maximum Gasteiger partial charge on any atom is 0.356 e. The van der Waals surface area contributed by atoms with Crippen LogP contribution in [0, 0.1) is 10.1 Å². The first-order valence-electron chi connectivity index (χ1n) is 8.65. The molecule has 3 aromatic rings. The van der Waals surface area contributed by atoms with Gasteiger partial charge in [-0.2, -0.15) is 0 Å². The first kappa shape index (κ1) is 19.0. The smallest absolute Gasteiger partial charge is 0.356 e. The number of esters is 1. The molecule has 0 atom stereocenters. The van der Waals surface area contributed by atoms with E-state index in [-0.39, 0.29) is 17.2 Å². The highest BCUT2D eigenvalue weighted by molar-refractivity contribution is 5.88. The minimum Gasteiger partial charge on any atom is -0.464 e. The van der Waals surface area contributed by atoms with E-state index >= 15 is 0 Å². The van der Waals surface area contributed by atoms with Crippen molar-refractivity contribution in [1.29, 1.82) is 0 Å². The van der Waals surface area contributed by atoms with Gasteiger partial charge in [-0.1, -0.05) is 60.7 Å². The molecule has 0 amide bonds. The maximum atomic E-state index is 11.9. The van der Waals surface area contributed by atoms with E-state index in [0.717, 1.165) is 11.1 Å². The molecule has 0 spiro atoms. The molecule has 0 N–H and O–H groups in total. The number of carbonyl (C=O) groups is 1. The first-order chi connectivity index (χ1) is 13.6. The van der Waals surface area contributed by atoms with Crippen LogP contribution in [0.5, 0.6) is 0 Å². The quantitative estimate of drug-likeness (QED) is 0.352. The fraction of sp³-hybridized carbons (Fsp3) is 0.143. The fourth-order valence-electron chi connectivity index (χ4n) is 2.85. The Morgan fingerprint density at radius 1 is 0.964 bits per heavy atom. The van der Waals surface area contributed by atoms with Gasteiger partial charge in [0, 0.05) is 19.2 Å². The Kier molecular flexibility index (Phi) is 5.96. The van der Waals surface area contributed by atoms with E-state index in [4.69, 9.17) is 4.74 Å². The number of carbonyl (C=O) groups excluding carboxylic acids is 1. The van der Waals surface area contributed by atoms with E-state index in [9.17, 15) is 14.9 Å². The number of methoxy groups -OCH3 is 1. The topological polar surface area (TPSA) is 85.6 Å². The summed E-state index contributed by atoms with van der Waals surface area (Å²) in [6, 6.07) is 21.8. The minimum absolute atomic E-state index is 0.0224. The summed E-state index contributed by atoms with van der Waals surface area (Å²) >= 11 is 0. The van der Waals surface area contributed by atoms with Gasteiger partial charge in [0.05, 0.1) is 12.0 Å². The van der Waals surface area contributed by atoms with Crippen LogP contribution in [0.2, 0.25) is 0 Å². The molecular weight excluding hydrogens is 358 g/mol. The molecule has 0 unspecified atom stereocenters. The predicted molar refractivity (Wildman–Crippen MR) is 105 cm³/mol. The second kappa shape index (κ2) is 8.77. The Morgan fingerprint density at radius 2 is 1.50 bits per heavy atom. The largest absolute Gasteiger partial charge is 0.464 e. The molecule has 0 aliphatic heterocycles. The molecule has 2 aromatic carbocycles. The van der Waals surface area contributed by atoms with Crippen LogP contribution < -0.4 is 4.90 Å². The highest BCUT2D eigenvalue weighted by Gasteiger charge is 2.24. The van der Waals surface area contributed by atoms with Crippen molar-refractivity contribution in [2.45, 2.75) is 13.1 Å². The summed E-state index contributed by atoms with van der Waals surface area (Å²) in [6.07, 6.45) is 0. The molecule has 7 heteroatoms. The number of hydrogen-bond donors (Lipinski definition) is 0. The molecule has 1 aromatic heterocycles. The average Bonchev–Trinajstić information content (AvgIpc) is 2.73. The molecule has 0 saturated carbocycles. The predicted octanol–water partition coefficient (Wildman–Crippen LogP) is 3.98. The Labute approximate surface area is 162 Å². The third kappa shape index (κ3) is 4.50. The zero-order valence-electron chi connectivity index (χ0n) is 15.3. The number of nitrogens with zero attached hydrogens (tertiary/aromatic N) is 3. The Hall–Kier alpha value is -3.74. The second-order valence-corrected chi connectivity index (χ2v) is 6.12. The number of anilines is 1. The van der Waals surface area contributed by atoms with E-state index in [1.807, 2.05) is 60.7 Å². The number of rotatable bonds is 7. The van der Waals surface area contributed by atoms with Crippen LogP contribution in [0.3, 0.4) is 0 Å². The lowest BCUT2D eigenvalue weighted by Crippen LogP contribution is -2.25. The Balaban J connectivity index is 2.07. The molecule has 28 heavy (non-hydrogen) atoms. The second-order valence-electron chi connectivity index (χ2n) is 6.12. The molecular formula is C21H19N3O4. The Morgan fingerprint density at radius 3 is 1.96 bits per heavy atom. The van der Waals surface area contributed by atoms with Crippen LogP contribution in [-0.2, 0) is 17.8 Å². The fourth-order valence-corrected chi connectivity index (χ4v) is 2.85. The minimum atomic E-state index is -0.643. The first-order valence-corrected chi connectivity index (χ1v) is 8.65. The van der Waals surface area contributed by atoms with Crippen LogP contribution >= 0.6 is 0 Å². The number of aromatic nitrogens is 1. The monoisotopic (exact) mass is 377 g/mol. The van der Waals surface area contributed by atoms with Crippen molar-refractivity contribution >= 4 is 17.5 Å². The van der Waals surface area contributed by atoms with Gasteiger partial charge in [-0.25, -0.2) is 9.78 Å². The Bertz CT molecular complexity index is 920. The third-order valence-electron chi connectivity index (χ3n) is 4.18. The molecule has 3 rings (SSSR count). The zero-order valence-corrected chi connectivity index (χ0v) is 15.3. The number of nitro groups is 1. The number of benzene rings is 2. The number of pyridine rings is 1. The van der Waals surface area contributed by atoms with Crippen LogP contribution in [-0.4, -0.2) is 23.0 Å². The van der Waals surface area contributed by atoms with Crippen LogP contribution in [0.25, 0.3) is 0 Å². The van der Waals surface area contributed by atoms with Gasteiger partial charge in [-0.3, -0.25) is 10.1 Å². The lowest BCUT2D eigenvalue weighted by molar-refractivity contribution is -0.384. The third-order valence-corrected chi connectivity index (χ3v) is 4.18. The highest BCUT2D eigenvalue weighted by atomic mass is 16.6. The van der Waals surface area contributed by atoms with Crippen molar-refractivity contribution in [3.8, 4) is 0 Å². The summed E-state index contributed by atoms with van der Waals surface area (Å²) in [6.45, 7) is 0.794. The summed E-state index contributed by atoms with van der Waals surface area (Å²) < 4.78 is 4.72. The van der Waals surface area contributed by atoms with Crippen molar-refractivity contribution in [3.05, 3.63) is 99.7 Å². The molecule has 0 aliphatic carbocycles. The maximum absolute atomic E-state index is 11.9. The molecule has 0 radical (unpaired) electrons. The van der Waals surface area contributed by atoms with Gasteiger partial charge in [0.15, 0.2) is 5.69 Å². The zero-order chi connectivity index (χ0) is 19.9. The van der Waals surface area contributed by atoms with Crippen molar-refractivity contribution in [3.63, 3.8) is 0 Å². The summed E-state index contributed by atoms with van der Waals surface area (Å²) in [7, 11) is 1.25. The summed E-state index contributed by atoms with van der Waals surface area (Å²) in [5.41, 5.74) is 1.80.